The third-order valence-corrected chi connectivity index (χ3v) is 4.66. The first-order valence-corrected chi connectivity index (χ1v) is 7.52. The van der Waals surface area contributed by atoms with E-state index in [0.717, 1.165) is 50.3 Å². The summed E-state index contributed by atoms with van der Waals surface area (Å²) in [7, 11) is 0. The zero-order valence-corrected chi connectivity index (χ0v) is 12.7. The number of likely N-dealkylation sites (tertiary alicyclic amines) is 1. The quantitative estimate of drug-likeness (QED) is 0.894. The molecule has 4 heteroatoms. The predicted octanol–water partition coefficient (Wildman–Crippen LogP) is 3.62. The molecule has 0 saturated carbocycles. The van der Waals surface area contributed by atoms with Crippen molar-refractivity contribution in [3.8, 4) is 0 Å². The molecule has 2 rings (SSSR count). The minimum Gasteiger partial charge on any atom is -0.481 e. The number of piperidine rings is 1. The second-order valence-corrected chi connectivity index (χ2v) is 6.00. The Bertz CT molecular complexity index is 458. The number of hydrogen-bond acceptors (Lipinski definition) is 3. The number of carboxylic acids is 1. The highest BCUT2D eigenvalue weighted by molar-refractivity contribution is 5.74. The maximum absolute atomic E-state index is 11.6. The predicted molar refractivity (Wildman–Crippen MR) is 77.6 cm³/mol. The summed E-state index contributed by atoms with van der Waals surface area (Å²) in [6, 6.07) is 4.22. The standard InChI is InChI=1S/C16H25NO3/c1-4-7-16(15(18)19)8-10-17(11-9-16)13(3)14-6-5-12(2)20-14/h5-6,13H,4,7-11H2,1-3H3,(H,18,19). The van der Waals surface area contributed by atoms with Crippen molar-refractivity contribution in [2.24, 2.45) is 5.41 Å². The third kappa shape index (κ3) is 2.90. The number of carbonyl (C=O) groups is 1. The van der Waals surface area contributed by atoms with E-state index in [-0.39, 0.29) is 6.04 Å². The highest BCUT2D eigenvalue weighted by Gasteiger charge is 2.41. The van der Waals surface area contributed by atoms with E-state index in [0.29, 0.717) is 0 Å². The van der Waals surface area contributed by atoms with E-state index in [1.54, 1.807) is 0 Å². The Morgan fingerprint density at radius 2 is 2.10 bits per heavy atom. The van der Waals surface area contributed by atoms with Crippen LogP contribution in [0.25, 0.3) is 0 Å². The molecule has 1 unspecified atom stereocenters. The molecule has 0 radical (unpaired) electrons. The Hall–Kier alpha value is -1.29. The average Bonchev–Trinajstić information content (AvgIpc) is 2.85. The van der Waals surface area contributed by atoms with Crippen LogP contribution in [0, 0.1) is 12.3 Å². The van der Waals surface area contributed by atoms with E-state index in [2.05, 4.69) is 18.7 Å². The molecule has 1 atom stereocenters. The molecule has 0 spiro atoms. The number of carboxylic acid groups (broad SMARTS) is 1. The minimum atomic E-state index is -0.625. The van der Waals surface area contributed by atoms with E-state index in [1.807, 2.05) is 19.1 Å². The lowest BCUT2D eigenvalue weighted by Crippen LogP contribution is -2.45. The van der Waals surface area contributed by atoms with Crippen molar-refractivity contribution < 1.29 is 14.3 Å². The summed E-state index contributed by atoms with van der Waals surface area (Å²) in [6.45, 7) is 7.79. The Labute approximate surface area is 120 Å². The number of rotatable bonds is 5. The first-order valence-electron chi connectivity index (χ1n) is 7.52. The van der Waals surface area contributed by atoms with Crippen molar-refractivity contribution in [2.45, 2.75) is 52.5 Å². The van der Waals surface area contributed by atoms with E-state index >= 15 is 0 Å². The molecular weight excluding hydrogens is 254 g/mol. The molecule has 2 heterocycles. The molecule has 0 amide bonds. The molecule has 1 fully saturated rings. The Morgan fingerprint density at radius 3 is 2.55 bits per heavy atom. The molecule has 112 valence electrons. The normalized spacial score (nSPS) is 20.8. The number of aryl methyl sites for hydroxylation is 1. The molecule has 0 bridgehead atoms. The topological polar surface area (TPSA) is 53.7 Å². The molecule has 1 saturated heterocycles. The average molecular weight is 279 g/mol. The first-order chi connectivity index (χ1) is 9.48. The number of aliphatic carboxylic acids is 1. The lowest BCUT2D eigenvalue weighted by Gasteiger charge is -2.40. The van der Waals surface area contributed by atoms with Gasteiger partial charge in [0.05, 0.1) is 11.5 Å². The molecule has 1 N–H and O–H groups in total. The second kappa shape index (κ2) is 6.00. The monoisotopic (exact) mass is 279 g/mol. The van der Waals surface area contributed by atoms with Gasteiger partial charge >= 0.3 is 5.97 Å². The summed E-state index contributed by atoms with van der Waals surface area (Å²) < 4.78 is 5.69. The number of nitrogens with zero attached hydrogens (tertiary/aromatic N) is 1. The van der Waals surface area contributed by atoms with Gasteiger partial charge in [-0.1, -0.05) is 13.3 Å². The van der Waals surface area contributed by atoms with Gasteiger partial charge in [0.2, 0.25) is 0 Å². The van der Waals surface area contributed by atoms with Crippen LogP contribution in [0.15, 0.2) is 16.5 Å². The largest absolute Gasteiger partial charge is 0.481 e. The van der Waals surface area contributed by atoms with Crippen molar-refractivity contribution in [1.82, 2.24) is 4.90 Å². The van der Waals surface area contributed by atoms with Crippen LogP contribution in [-0.4, -0.2) is 29.1 Å². The van der Waals surface area contributed by atoms with E-state index in [4.69, 9.17) is 4.42 Å². The van der Waals surface area contributed by atoms with Gasteiger partial charge < -0.3 is 9.52 Å². The SMILES string of the molecule is CCCC1(C(=O)O)CCN(C(C)c2ccc(C)o2)CC1. The summed E-state index contributed by atoms with van der Waals surface area (Å²) in [4.78, 5) is 13.9. The molecule has 1 aliphatic heterocycles. The van der Waals surface area contributed by atoms with Crippen LogP contribution in [0.2, 0.25) is 0 Å². The minimum absolute atomic E-state index is 0.220. The van der Waals surface area contributed by atoms with Crippen molar-refractivity contribution >= 4 is 5.97 Å². The zero-order valence-electron chi connectivity index (χ0n) is 12.7. The van der Waals surface area contributed by atoms with Crippen molar-refractivity contribution in [3.63, 3.8) is 0 Å². The van der Waals surface area contributed by atoms with E-state index in [9.17, 15) is 9.90 Å². The zero-order chi connectivity index (χ0) is 14.8. The third-order valence-electron chi connectivity index (χ3n) is 4.66. The fourth-order valence-electron chi connectivity index (χ4n) is 3.25. The van der Waals surface area contributed by atoms with Gasteiger partial charge in [-0.15, -0.1) is 0 Å². The second-order valence-electron chi connectivity index (χ2n) is 6.00. The van der Waals surface area contributed by atoms with Crippen LogP contribution < -0.4 is 0 Å². The van der Waals surface area contributed by atoms with Crippen molar-refractivity contribution in [1.29, 1.82) is 0 Å². The van der Waals surface area contributed by atoms with Gasteiger partial charge in [-0.05, 0) is 58.3 Å². The Balaban J connectivity index is 2.01. The van der Waals surface area contributed by atoms with Gasteiger partial charge in [-0.2, -0.15) is 0 Å². The van der Waals surface area contributed by atoms with Crippen molar-refractivity contribution in [3.05, 3.63) is 23.7 Å². The van der Waals surface area contributed by atoms with Crippen LogP contribution in [0.1, 0.15) is 57.1 Å². The molecule has 4 nitrogen and oxygen atoms in total. The Kier molecular flexibility index (Phi) is 4.53. The van der Waals surface area contributed by atoms with Gasteiger partial charge in [-0.25, -0.2) is 0 Å². The van der Waals surface area contributed by atoms with Gasteiger partial charge in [0, 0.05) is 0 Å². The fraction of sp³-hybridized carbons (Fsp3) is 0.688. The van der Waals surface area contributed by atoms with Gasteiger partial charge in [0.25, 0.3) is 0 Å². The molecule has 1 aromatic heterocycles. The van der Waals surface area contributed by atoms with E-state index < -0.39 is 11.4 Å². The fourth-order valence-corrected chi connectivity index (χ4v) is 3.25. The summed E-state index contributed by atoms with van der Waals surface area (Å²) in [5.74, 6) is 1.27. The lowest BCUT2D eigenvalue weighted by atomic mass is 9.74. The summed E-state index contributed by atoms with van der Waals surface area (Å²) in [5.41, 5.74) is -0.510. The van der Waals surface area contributed by atoms with Crippen molar-refractivity contribution in [2.75, 3.05) is 13.1 Å². The molecule has 20 heavy (non-hydrogen) atoms. The first kappa shape index (κ1) is 15.1. The Morgan fingerprint density at radius 1 is 1.45 bits per heavy atom. The maximum atomic E-state index is 11.6. The summed E-state index contributed by atoms with van der Waals surface area (Å²) in [6.07, 6.45) is 3.18. The highest BCUT2D eigenvalue weighted by Crippen LogP contribution is 2.38. The summed E-state index contributed by atoms with van der Waals surface area (Å²) in [5, 5.41) is 9.53. The lowest BCUT2D eigenvalue weighted by molar-refractivity contribution is -0.153. The number of furan rings is 1. The molecule has 1 aromatic rings. The molecular formula is C16H25NO3. The van der Waals surface area contributed by atoms with Crippen LogP contribution in [0.3, 0.4) is 0 Å². The highest BCUT2D eigenvalue weighted by atomic mass is 16.4. The molecule has 1 aliphatic rings. The molecule has 0 aliphatic carbocycles. The van der Waals surface area contributed by atoms with Gasteiger partial charge in [-0.3, -0.25) is 9.69 Å². The van der Waals surface area contributed by atoms with Crippen LogP contribution in [0.4, 0.5) is 0 Å². The molecule has 0 aromatic carbocycles. The van der Waals surface area contributed by atoms with Crippen LogP contribution in [0.5, 0.6) is 0 Å². The number of hydrogen-bond donors (Lipinski definition) is 1. The smallest absolute Gasteiger partial charge is 0.309 e. The van der Waals surface area contributed by atoms with Gasteiger partial charge in [0.15, 0.2) is 0 Å². The van der Waals surface area contributed by atoms with Crippen LogP contribution >= 0.6 is 0 Å². The van der Waals surface area contributed by atoms with E-state index in [1.165, 1.54) is 0 Å². The summed E-state index contributed by atoms with van der Waals surface area (Å²) >= 11 is 0. The van der Waals surface area contributed by atoms with Crippen LogP contribution in [-0.2, 0) is 4.79 Å². The maximum Gasteiger partial charge on any atom is 0.309 e. The van der Waals surface area contributed by atoms with Gasteiger partial charge in [0.1, 0.15) is 11.5 Å².